The Morgan fingerprint density at radius 1 is 1.17 bits per heavy atom. The summed E-state index contributed by atoms with van der Waals surface area (Å²) in [5.74, 6) is -0.832. The number of ketones is 1. The number of rotatable bonds is 5. The number of benzene rings is 1. The van der Waals surface area contributed by atoms with Crippen molar-refractivity contribution in [3.63, 3.8) is 0 Å². The van der Waals surface area contributed by atoms with Crippen LogP contribution in [0.4, 0.5) is 0 Å². The molecule has 0 spiro atoms. The Morgan fingerprint density at radius 2 is 1.83 bits per heavy atom. The third-order valence-electron chi connectivity index (χ3n) is 5.22. The molecular formula is C24H28N2O3. The van der Waals surface area contributed by atoms with Crippen LogP contribution < -0.4 is 0 Å². The maximum atomic E-state index is 13.2. The van der Waals surface area contributed by atoms with Crippen molar-refractivity contribution >= 4 is 11.7 Å². The van der Waals surface area contributed by atoms with Gasteiger partial charge >= 0.3 is 0 Å². The van der Waals surface area contributed by atoms with Crippen LogP contribution in [0.1, 0.15) is 63.3 Å². The molecule has 0 fully saturated rings. The van der Waals surface area contributed by atoms with Crippen molar-refractivity contribution in [2.24, 2.45) is 5.41 Å². The first-order chi connectivity index (χ1) is 13.6. The maximum Gasteiger partial charge on any atom is 0.290 e. The molecule has 0 saturated heterocycles. The number of pyridine rings is 1. The van der Waals surface area contributed by atoms with Gasteiger partial charge in [0.1, 0.15) is 0 Å². The van der Waals surface area contributed by atoms with Crippen LogP contribution in [0.3, 0.4) is 0 Å². The minimum atomic E-state index is -0.718. The van der Waals surface area contributed by atoms with Gasteiger partial charge in [-0.05, 0) is 28.7 Å². The molecule has 1 N–H and O–H groups in total. The zero-order chi connectivity index (χ0) is 21.3. The SMILES string of the molecule is CC(C)c1ccc(C2C(C(=O)C(C)(C)C)=C(O)C(=O)N2Cc2cccnc2)cc1. The van der Waals surface area contributed by atoms with E-state index in [1.54, 1.807) is 44.1 Å². The van der Waals surface area contributed by atoms with Gasteiger partial charge in [0, 0.05) is 24.4 Å². The van der Waals surface area contributed by atoms with Gasteiger partial charge in [0.15, 0.2) is 11.5 Å². The summed E-state index contributed by atoms with van der Waals surface area (Å²) in [4.78, 5) is 31.8. The van der Waals surface area contributed by atoms with E-state index in [4.69, 9.17) is 0 Å². The monoisotopic (exact) mass is 392 g/mol. The lowest BCUT2D eigenvalue weighted by atomic mass is 9.82. The van der Waals surface area contributed by atoms with Crippen molar-refractivity contribution in [3.05, 3.63) is 76.8 Å². The number of Topliss-reactive ketones (excluding diaryl/α,β-unsaturated/α-hetero) is 1. The quantitative estimate of drug-likeness (QED) is 0.799. The van der Waals surface area contributed by atoms with E-state index in [2.05, 4.69) is 18.8 Å². The number of hydrogen-bond donors (Lipinski definition) is 1. The van der Waals surface area contributed by atoms with Crippen molar-refractivity contribution in [2.45, 2.75) is 53.1 Å². The molecule has 1 aliphatic heterocycles. The molecule has 1 aliphatic rings. The highest BCUT2D eigenvalue weighted by Gasteiger charge is 2.45. The molecule has 1 amide bonds. The average molecular weight is 392 g/mol. The smallest absolute Gasteiger partial charge is 0.290 e. The van der Waals surface area contributed by atoms with Crippen molar-refractivity contribution in [2.75, 3.05) is 0 Å². The summed E-state index contributed by atoms with van der Waals surface area (Å²) in [5.41, 5.74) is 2.27. The summed E-state index contributed by atoms with van der Waals surface area (Å²) < 4.78 is 0. The Hall–Kier alpha value is -2.95. The van der Waals surface area contributed by atoms with E-state index in [1.165, 1.54) is 5.56 Å². The number of carbonyl (C=O) groups excluding carboxylic acids is 2. The Bertz CT molecular complexity index is 938. The molecule has 29 heavy (non-hydrogen) atoms. The standard InChI is InChI=1S/C24H28N2O3/c1-15(2)17-8-10-18(11-9-17)20-19(22(28)24(3,4)5)21(27)23(29)26(20)14-16-7-6-12-25-13-16/h6-13,15,20,27H,14H2,1-5H3. The van der Waals surface area contributed by atoms with Crippen LogP contribution in [0.5, 0.6) is 0 Å². The maximum absolute atomic E-state index is 13.2. The third kappa shape index (κ3) is 4.09. The fraction of sp³-hybridized carbons (Fsp3) is 0.375. The number of aromatic nitrogens is 1. The minimum absolute atomic E-state index is 0.170. The molecule has 2 heterocycles. The highest BCUT2D eigenvalue weighted by molar-refractivity contribution is 6.10. The van der Waals surface area contributed by atoms with Crippen molar-refractivity contribution in [3.8, 4) is 0 Å². The first kappa shape index (κ1) is 20.8. The van der Waals surface area contributed by atoms with Gasteiger partial charge in [0.2, 0.25) is 0 Å². The average Bonchev–Trinajstić information content (AvgIpc) is 2.92. The molecule has 3 rings (SSSR count). The third-order valence-corrected chi connectivity index (χ3v) is 5.22. The van der Waals surface area contributed by atoms with Gasteiger partial charge in [0.25, 0.3) is 5.91 Å². The zero-order valence-corrected chi connectivity index (χ0v) is 17.6. The summed E-state index contributed by atoms with van der Waals surface area (Å²) >= 11 is 0. The zero-order valence-electron chi connectivity index (χ0n) is 17.6. The van der Waals surface area contributed by atoms with Crippen LogP contribution in [0, 0.1) is 5.41 Å². The van der Waals surface area contributed by atoms with Crippen molar-refractivity contribution in [1.82, 2.24) is 9.88 Å². The van der Waals surface area contributed by atoms with Crippen molar-refractivity contribution in [1.29, 1.82) is 0 Å². The predicted molar refractivity (Wildman–Crippen MR) is 112 cm³/mol. The van der Waals surface area contributed by atoms with Gasteiger partial charge in [-0.3, -0.25) is 14.6 Å². The molecule has 5 nitrogen and oxygen atoms in total. The van der Waals surface area contributed by atoms with Gasteiger partial charge in [-0.25, -0.2) is 0 Å². The molecule has 5 heteroatoms. The Kier molecular flexibility index (Phi) is 5.60. The van der Waals surface area contributed by atoms with Crippen LogP contribution in [-0.4, -0.2) is 26.7 Å². The summed E-state index contributed by atoms with van der Waals surface area (Å²) in [5, 5.41) is 10.7. The summed E-state index contributed by atoms with van der Waals surface area (Å²) in [6.45, 7) is 9.87. The minimum Gasteiger partial charge on any atom is -0.503 e. The molecule has 0 bridgehead atoms. The van der Waals surface area contributed by atoms with E-state index in [1.807, 2.05) is 30.3 Å². The first-order valence-electron chi connectivity index (χ1n) is 9.89. The van der Waals surface area contributed by atoms with Gasteiger partial charge in [-0.1, -0.05) is 65.0 Å². The molecule has 2 aromatic rings. The lowest BCUT2D eigenvalue weighted by Gasteiger charge is -2.29. The molecule has 0 radical (unpaired) electrons. The summed E-state index contributed by atoms with van der Waals surface area (Å²) in [7, 11) is 0. The molecule has 1 atom stereocenters. The normalized spacial score (nSPS) is 17.4. The molecule has 152 valence electrons. The lowest BCUT2D eigenvalue weighted by molar-refractivity contribution is -0.130. The van der Waals surface area contributed by atoms with Gasteiger partial charge in [0.05, 0.1) is 11.6 Å². The number of carbonyl (C=O) groups is 2. The summed E-state index contributed by atoms with van der Waals surface area (Å²) in [6.07, 6.45) is 3.36. The van der Waals surface area contributed by atoms with E-state index in [9.17, 15) is 14.7 Å². The van der Waals surface area contributed by atoms with Crippen LogP contribution >= 0.6 is 0 Å². The second-order valence-corrected chi connectivity index (χ2v) is 8.86. The first-order valence-corrected chi connectivity index (χ1v) is 9.89. The number of amides is 1. The van der Waals surface area contributed by atoms with Gasteiger partial charge in [-0.15, -0.1) is 0 Å². The molecular weight excluding hydrogens is 364 g/mol. The lowest BCUT2D eigenvalue weighted by Crippen LogP contribution is -2.32. The molecule has 0 saturated carbocycles. The molecule has 1 aromatic heterocycles. The Labute approximate surface area is 172 Å². The van der Waals surface area contributed by atoms with E-state index in [-0.39, 0.29) is 17.9 Å². The number of nitrogens with zero attached hydrogens (tertiary/aromatic N) is 2. The van der Waals surface area contributed by atoms with E-state index >= 15 is 0 Å². The fourth-order valence-corrected chi connectivity index (χ4v) is 3.55. The van der Waals surface area contributed by atoms with E-state index < -0.39 is 23.1 Å². The number of hydrogen-bond acceptors (Lipinski definition) is 4. The highest BCUT2D eigenvalue weighted by atomic mass is 16.3. The fourth-order valence-electron chi connectivity index (χ4n) is 3.55. The van der Waals surface area contributed by atoms with Crippen LogP contribution in [-0.2, 0) is 16.1 Å². The molecule has 0 aliphatic carbocycles. The van der Waals surface area contributed by atoms with E-state index in [0.29, 0.717) is 5.92 Å². The van der Waals surface area contributed by atoms with Crippen LogP contribution in [0.25, 0.3) is 0 Å². The summed E-state index contributed by atoms with van der Waals surface area (Å²) in [6, 6.07) is 11.0. The predicted octanol–water partition coefficient (Wildman–Crippen LogP) is 4.72. The largest absolute Gasteiger partial charge is 0.503 e. The number of aliphatic hydroxyl groups is 1. The van der Waals surface area contributed by atoms with Crippen molar-refractivity contribution < 1.29 is 14.7 Å². The van der Waals surface area contributed by atoms with E-state index in [0.717, 1.165) is 11.1 Å². The Balaban J connectivity index is 2.08. The van der Waals surface area contributed by atoms with Gasteiger partial charge < -0.3 is 10.0 Å². The van der Waals surface area contributed by atoms with Crippen LogP contribution in [0.15, 0.2) is 60.1 Å². The highest BCUT2D eigenvalue weighted by Crippen LogP contribution is 2.41. The van der Waals surface area contributed by atoms with Gasteiger partial charge in [-0.2, -0.15) is 0 Å². The Morgan fingerprint density at radius 3 is 2.34 bits per heavy atom. The molecule has 1 unspecified atom stereocenters. The second kappa shape index (κ2) is 7.82. The number of aliphatic hydroxyl groups excluding tert-OH is 1. The topological polar surface area (TPSA) is 70.5 Å². The second-order valence-electron chi connectivity index (χ2n) is 8.86. The molecule has 1 aromatic carbocycles. The van der Waals surface area contributed by atoms with Crippen LogP contribution in [0.2, 0.25) is 0 Å².